The van der Waals surface area contributed by atoms with E-state index >= 15 is 0 Å². The fourth-order valence-electron chi connectivity index (χ4n) is 2.81. The number of fused-ring (bicyclic) bond motifs is 1. The molecule has 0 unspecified atom stereocenters. The van der Waals surface area contributed by atoms with E-state index < -0.39 is 0 Å². The third-order valence-electron chi connectivity index (χ3n) is 3.91. The molecule has 4 rings (SSSR count). The first-order valence-electron chi connectivity index (χ1n) is 7.24. The van der Waals surface area contributed by atoms with Crippen LogP contribution in [0, 0.1) is 6.08 Å². The average molecular weight is 426 g/mol. The number of nitrogens with zero attached hydrogens (tertiary/aromatic N) is 1. The second-order valence-corrected chi connectivity index (χ2v) is 5.75. The van der Waals surface area contributed by atoms with Crippen molar-refractivity contribution in [3.05, 3.63) is 89.1 Å². The van der Waals surface area contributed by atoms with Gasteiger partial charge in [-0.15, -0.1) is 17.2 Å². The van der Waals surface area contributed by atoms with E-state index in [4.69, 9.17) is 11.6 Å². The summed E-state index contributed by atoms with van der Waals surface area (Å²) in [5.41, 5.74) is 5.66. The molecular weight excluding hydrogens is 413 g/mol. The first-order chi connectivity index (χ1) is 10.8. The van der Waals surface area contributed by atoms with Crippen molar-refractivity contribution in [1.29, 1.82) is 0 Å². The molecule has 5 heteroatoms. The minimum atomic E-state index is 0. The summed E-state index contributed by atoms with van der Waals surface area (Å²) in [6, 6.07) is 18.2. The van der Waals surface area contributed by atoms with Crippen LogP contribution in [0.1, 0.15) is 17.5 Å². The van der Waals surface area contributed by atoms with Gasteiger partial charge in [0.05, 0.1) is 0 Å². The number of aromatic nitrogens is 1. The molecule has 2 aromatic carbocycles. The van der Waals surface area contributed by atoms with Crippen LogP contribution in [0.25, 0.3) is 22.0 Å². The molecule has 125 valence electrons. The largest absolute Gasteiger partial charge is 3.00 e. The Hall–Kier alpha value is -1.27. The number of halogens is 3. The Bertz CT molecular complexity index is 912. The van der Waals surface area contributed by atoms with Gasteiger partial charge in [0.1, 0.15) is 0 Å². The van der Waals surface area contributed by atoms with E-state index in [0.29, 0.717) is 0 Å². The zero-order chi connectivity index (χ0) is 14.9. The van der Waals surface area contributed by atoms with Crippen molar-refractivity contribution in [2.75, 3.05) is 0 Å². The quantitative estimate of drug-likeness (QED) is 0.508. The Morgan fingerprint density at radius 3 is 2.40 bits per heavy atom. The molecule has 0 atom stereocenters. The zero-order valence-electron chi connectivity index (χ0n) is 13.0. The predicted molar refractivity (Wildman–Crippen MR) is 92.4 cm³/mol. The van der Waals surface area contributed by atoms with Gasteiger partial charge in [0, 0.05) is 16.7 Å². The molecule has 1 aliphatic rings. The Balaban J connectivity index is 0.00000104. The Kier molecular flexibility index (Phi) is 8.22. The molecule has 1 aliphatic carbocycles. The van der Waals surface area contributed by atoms with Crippen LogP contribution in [0.2, 0.25) is 5.02 Å². The van der Waals surface area contributed by atoms with Crippen LogP contribution in [0.3, 0.4) is 0 Å². The van der Waals surface area contributed by atoms with Crippen LogP contribution >= 0.6 is 11.6 Å². The van der Waals surface area contributed by atoms with E-state index in [1.54, 1.807) is 0 Å². The summed E-state index contributed by atoms with van der Waals surface area (Å²) in [6.45, 7) is 0. The van der Waals surface area contributed by atoms with Gasteiger partial charge >= 0.3 is 17.4 Å². The summed E-state index contributed by atoms with van der Waals surface area (Å²) in [5.74, 6) is 0. The first kappa shape index (κ1) is 21.8. The number of allylic oxidation sites excluding steroid dienone is 4. The minimum absolute atomic E-state index is 0. The molecule has 25 heavy (non-hydrogen) atoms. The number of hydrogen-bond acceptors (Lipinski definition) is 1. The summed E-state index contributed by atoms with van der Waals surface area (Å²) in [7, 11) is 0. The molecule has 0 bridgehead atoms. The summed E-state index contributed by atoms with van der Waals surface area (Å²) in [5, 5.41) is 1.92. The monoisotopic (exact) mass is 424 g/mol. The van der Waals surface area contributed by atoms with E-state index in [0.717, 1.165) is 33.5 Å². The van der Waals surface area contributed by atoms with Crippen molar-refractivity contribution in [3.8, 4) is 0 Å². The van der Waals surface area contributed by atoms with Crippen LogP contribution in [0.15, 0.2) is 66.9 Å². The molecular formula is C20H13Cl3CrN. The maximum absolute atomic E-state index is 5.95. The standard InChI is InChI=1S/C20H13ClN.2ClH.Cr/c21-18-10-8-14(9-11-18)16-6-7-17(13-16)19-5-1-3-15-4-2-12-22-20(15)19;;;/h1-6,8-12H,7H2;2*1H;/q-1;;;+3/p-2. The molecule has 0 amide bonds. The molecule has 0 N–H and O–H groups in total. The van der Waals surface area contributed by atoms with Crippen LogP contribution in [-0.4, -0.2) is 4.98 Å². The molecule has 0 saturated carbocycles. The van der Waals surface area contributed by atoms with Crippen LogP contribution in [-0.2, 0) is 17.4 Å². The normalized spacial score (nSPS) is 12.4. The number of hydrogen-bond donors (Lipinski definition) is 0. The third kappa shape index (κ3) is 4.47. The van der Waals surface area contributed by atoms with Gasteiger partial charge in [0.15, 0.2) is 0 Å². The molecule has 3 aromatic rings. The summed E-state index contributed by atoms with van der Waals surface area (Å²) < 4.78 is 0. The number of benzene rings is 2. The Morgan fingerprint density at radius 1 is 0.920 bits per heavy atom. The second kappa shape index (κ2) is 9.44. The molecule has 0 spiro atoms. The molecule has 0 aliphatic heterocycles. The van der Waals surface area contributed by atoms with Crippen LogP contribution < -0.4 is 24.8 Å². The van der Waals surface area contributed by atoms with Gasteiger partial charge in [0.2, 0.25) is 0 Å². The van der Waals surface area contributed by atoms with Gasteiger partial charge in [-0.05, 0) is 11.5 Å². The fourth-order valence-corrected chi connectivity index (χ4v) is 2.94. The van der Waals surface area contributed by atoms with Gasteiger partial charge in [-0.1, -0.05) is 77.7 Å². The first-order valence-corrected chi connectivity index (χ1v) is 7.62. The molecule has 0 fully saturated rings. The summed E-state index contributed by atoms with van der Waals surface area (Å²) >= 11 is 5.95. The van der Waals surface area contributed by atoms with Gasteiger partial charge in [0.25, 0.3) is 0 Å². The fraction of sp³-hybridized carbons (Fsp3) is 0.0500. The Labute approximate surface area is 175 Å². The van der Waals surface area contributed by atoms with E-state index in [9.17, 15) is 0 Å². The topological polar surface area (TPSA) is 12.9 Å². The average Bonchev–Trinajstić information content (AvgIpc) is 3.05. The summed E-state index contributed by atoms with van der Waals surface area (Å²) in [4.78, 5) is 4.53. The molecule has 0 saturated heterocycles. The minimum Gasteiger partial charge on any atom is -1.00 e. The number of pyridine rings is 1. The number of para-hydroxylation sites is 1. The van der Waals surface area contributed by atoms with Crippen LogP contribution in [0.5, 0.6) is 0 Å². The van der Waals surface area contributed by atoms with Gasteiger partial charge < -0.3 is 24.8 Å². The van der Waals surface area contributed by atoms with Crippen molar-refractivity contribution in [2.24, 2.45) is 0 Å². The smallest absolute Gasteiger partial charge is 1.00 e. The molecule has 1 aromatic heterocycles. The van der Waals surface area contributed by atoms with E-state index in [1.807, 2.05) is 36.5 Å². The van der Waals surface area contributed by atoms with Crippen molar-refractivity contribution in [2.45, 2.75) is 6.42 Å². The molecule has 1 heterocycles. The van der Waals surface area contributed by atoms with Crippen molar-refractivity contribution >= 4 is 33.7 Å². The van der Waals surface area contributed by atoms with Gasteiger partial charge in [-0.3, -0.25) is 4.98 Å². The maximum Gasteiger partial charge on any atom is 3.00 e. The van der Waals surface area contributed by atoms with E-state index in [-0.39, 0.29) is 42.2 Å². The molecule has 1 nitrogen and oxygen atoms in total. The second-order valence-electron chi connectivity index (χ2n) is 5.31. The predicted octanol–water partition coefficient (Wildman–Crippen LogP) is -0.432. The number of rotatable bonds is 2. The Morgan fingerprint density at radius 2 is 1.64 bits per heavy atom. The van der Waals surface area contributed by atoms with Gasteiger partial charge in [-0.25, -0.2) is 0 Å². The van der Waals surface area contributed by atoms with Crippen LogP contribution in [0.4, 0.5) is 0 Å². The summed E-state index contributed by atoms with van der Waals surface area (Å²) in [6.07, 6.45) is 8.46. The third-order valence-corrected chi connectivity index (χ3v) is 4.16. The van der Waals surface area contributed by atoms with Gasteiger partial charge in [-0.2, -0.15) is 6.08 Å². The maximum atomic E-state index is 5.95. The zero-order valence-corrected chi connectivity index (χ0v) is 16.6. The van der Waals surface area contributed by atoms with Crippen molar-refractivity contribution in [3.63, 3.8) is 0 Å². The SMILES string of the molecule is Clc1ccc(C2=CCC(c3cccc4cccnc34)=[C-]2)cc1.[Cl-].[Cl-].[Cr+3]. The molecule has 1 radical (unpaired) electrons. The van der Waals surface area contributed by atoms with E-state index in [1.165, 1.54) is 11.1 Å². The van der Waals surface area contributed by atoms with Crippen molar-refractivity contribution < 1.29 is 42.2 Å². The van der Waals surface area contributed by atoms with E-state index in [2.05, 4.69) is 41.4 Å². The van der Waals surface area contributed by atoms with Crippen molar-refractivity contribution in [1.82, 2.24) is 4.98 Å².